The number of carbonyl (C=O) groups excluding carboxylic acids is 2. The van der Waals surface area contributed by atoms with Crippen molar-refractivity contribution in [1.82, 2.24) is 19.7 Å². The number of rotatable bonds is 4. The molecule has 25 heavy (non-hydrogen) atoms. The second kappa shape index (κ2) is 5.98. The molecule has 1 saturated heterocycles. The summed E-state index contributed by atoms with van der Waals surface area (Å²) in [5.41, 5.74) is 2.57. The van der Waals surface area contributed by atoms with Gasteiger partial charge in [0.15, 0.2) is 5.82 Å². The van der Waals surface area contributed by atoms with Crippen molar-refractivity contribution in [2.24, 2.45) is 5.92 Å². The Bertz CT molecular complexity index is 822. The van der Waals surface area contributed by atoms with Gasteiger partial charge in [-0.25, -0.2) is 9.67 Å². The average molecular weight is 339 g/mol. The smallest absolute Gasteiger partial charge is 0.229 e. The van der Waals surface area contributed by atoms with Gasteiger partial charge in [-0.3, -0.25) is 9.59 Å². The summed E-state index contributed by atoms with van der Waals surface area (Å²) in [5.74, 6) is 0.418. The molecule has 0 bridgehead atoms. The van der Waals surface area contributed by atoms with Gasteiger partial charge in [0, 0.05) is 24.7 Å². The maximum atomic E-state index is 12.4. The van der Waals surface area contributed by atoms with Crippen molar-refractivity contribution in [2.45, 2.75) is 39.2 Å². The molecule has 0 spiro atoms. The first-order valence-electron chi connectivity index (χ1n) is 8.61. The van der Waals surface area contributed by atoms with Crippen LogP contribution in [0.15, 0.2) is 24.4 Å². The van der Waals surface area contributed by atoms with Gasteiger partial charge in [-0.1, -0.05) is 0 Å². The van der Waals surface area contributed by atoms with Gasteiger partial charge in [0.1, 0.15) is 0 Å². The maximum Gasteiger partial charge on any atom is 0.229 e. The zero-order valence-electron chi connectivity index (χ0n) is 14.4. The van der Waals surface area contributed by atoms with E-state index in [0.717, 1.165) is 24.2 Å². The van der Waals surface area contributed by atoms with Gasteiger partial charge in [0.2, 0.25) is 11.8 Å². The van der Waals surface area contributed by atoms with Gasteiger partial charge in [0.25, 0.3) is 0 Å². The predicted molar refractivity (Wildman–Crippen MR) is 92.3 cm³/mol. The van der Waals surface area contributed by atoms with E-state index in [1.807, 2.05) is 36.9 Å². The van der Waals surface area contributed by atoms with E-state index >= 15 is 0 Å². The largest absolute Gasteiger partial charge is 0.339 e. The quantitative estimate of drug-likeness (QED) is 0.922. The molecule has 4 rings (SSSR count). The lowest BCUT2D eigenvalue weighted by molar-refractivity contribution is -0.128. The fourth-order valence-corrected chi connectivity index (χ4v) is 3.34. The normalized spacial score (nSPS) is 20.2. The van der Waals surface area contributed by atoms with E-state index in [9.17, 15) is 9.59 Å². The van der Waals surface area contributed by atoms with Crippen LogP contribution in [0.5, 0.6) is 0 Å². The Balaban J connectivity index is 1.42. The Kier molecular flexibility index (Phi) is 3.78. The highest BCUT2D eigenvalue weighted by Gasteiger charge is 2.41. The molecule has 0 unspecified atom stereocenters. The summed E-state index contributed by atoms with van der Waals surface area (Å²) in [5, 5.41) is 7.27. The van der Waals surface area contributed by atoms with Gasteiger partial charge in [-0.15, -0.1) is 0 Å². The molecule has 7 heteroatoms. The minimum atomic E-state index is -0.274. The number of carbonyl (C=O) groups is 2. The number of anilines is 1. The van der Waals surface area contributed by atoms with Crippen LogP contribution in [0.1, 0.15) is 30.7 Å². The molecule has 1 atom stereocenters. The van der Waals surface area contributed by atoms with Crippen LogP contribution in [-0.4, -0.2) is 44.1 Å². The average Bonchev–Trinajstić information content (AvgIpc) is 3.26. The summed E-state index contributed by atoms with van der Waals surface area (Å²) in [6.45, 7) is 4.44. The highest BCUT2D eigenvalue weighted by atomic mass is 16.2. The van der Waals surface area contributed by atoms with Crippen LogP contribution in [0.3, 0.4) is 0 Å². The summed E-state index contributed by atoms with van der Waals surface area (Å²) in [6, 6.07) is 5.99. The first kappa shape index (κ1) is 15.8. The fourth-order valence-electron chi connectivity index (χ4n) is 3.34. The monoisotopic (exact) mass is 339 g/mol. The molecule has 2 aliphatic rings. The van der Waals surface area contributed by atoms with E-state index in [1.54, 1.807) is 10.9 Å². The van der Waals surface area contributed by atoms with E-state index in [4.69, 9.17) is 0 Å². The van der Waals surface area contributed by atoms with Gasteiger partial charge in [-0.2, -0.15) is 5.10 Å². The highest BCUT2D eigenvalue weighted by molar-refractivity contribution is 5.97. The lowest BCUT2D eigenvalue weighted by Crippen LogP contribution is -2.29. The molecule has 2 aromatic heterocycles. The molecular formula is C18H21N5O2. The number of nitrogens with zero attached hydrogens (tertiary/aromatic N) is 4. The number of aryl methyl sites for hydroxylation is 2. The Hall–Kier alpha value is -2.70. The Morgan fingerprint density at radius 2 is 2.08 bits per heavy atom. The van der Waals surface area contributed by atoms with Crippen LogP contribution < -0.4 is 5.32 Å². The minimum absolute atomic E-state index is 0.0978. The molecule has 130 valence electrons. The third-order valence-corrected chi connectivity index (χ3v) is 4.76. The second-order valence-electron chi connectivity index (χ2n) is 6.91. The molecule has 3 heterocycles. The van der Waals surface area contributed by atoms with Gasteiger partial charge in [-0.05, 0) is 44.9 Å². The first-order valence-corrected chi connectivity index (χ1v) is 8.61. The summed E-state index contributed by atoms with van der Waals surface area (Å²) in [7, 11) is 0. The van der Waals surface area contributed by atoms with Crippen LogP contribution in [0, 0.1) is 19.8 Å². The standard InChI is InChI=1S/C18H21N5O2/c1-11-7-12(2)23(21-11)16-6-3-14(9-19-16)20-18(25)13-8-17(24)22(10-13)15-4-5-15/h3,6-7,9,13,15H,4-5,8,10H2,1-2H3,(H,20,25)/t13-/m1/s1. The highest BCUT2D eigenvalue weighted by Crippen LogP contribution is 2.32. The van der Waals surface area contributed by atoms with Crippen LogP contribution in [0.4, 0.5) is 5.69 Å². The number of nitrogens with one attached hydrogen (secondary N) is 1. The van der Waals surface area contributed by atoms with Crippen LogP contribution in [0.25, 0.3) is 5.82 Å². The fraction of sp³-hybridized carbons (Fsp3) is 0.444. The zero-order chi connectivity index (χ0) is 17.6. The van der Waals surface area contributed by atoms with E-state index in [-0.39, 0.29) is 17.7 Å². The summed E-state index contributed by atoms with van der Waals surface area (Å²) >= 11 is 0. The Morgan fingerprint density at radius 3 is 2.68 bits per heavy atom. The number of hydrogen-bond acceptors (Lipinski definition) is 4. The van der Waals surface area contributed by atoms with E-state index < -0.39 is 0 Å². The first-order chi connectivity index (χ1) is 12.0. The molecule has 0 aromatic carbocycles. The number of likely N-dealkylation sites (tertiary alicyclic amines) is 1. The molecule has 0 radical (unpaired) electrons. The predicted octanol–water partition coefficient (Wildman–Crippen LogP) is 1.83. The Labute approximate surface area is 146 Å². The lowest BCUT2D eigenvalue weighted by Gasteiger charge is -2.15. The summed E-state index contributed by atoms with van der Waals surface area (Å²) in [6.07, 6.45) is 4.06. The van der Waals surface area contributed by atoms with Crippen molar-refractivity contribution in [3.05, 3.63) is 35.8 Å². The third-order valence-electron chi connectivity index (χ3n) is 4.76. The van der Waals surface area contributed by atoms with Crippen molar-refractivity contribution in [3.63, 3.8) is 0 Å². The third kappa shape index (κ3) is 3.14. The van der Waals surface area contributed by atoms with Crippen LogP contribution >= 0.6 is 0 Å². The number of amides is 2. The molecule has 2 amide bonds. The molecule has 2 aromatic rings. The summed E-state index contributed by atoms with van der Waals surface area (Å²) in [4.78, 5) is 30.6. The van der Waals surface area contributed by atoms with Gasteiger partial charge < -0.3 is 10.2 Å². The topological polar surface area (TPSA) is 80.1 Å². The van der Waals surface area contributed by atoms with Gasteiger partial charge >= 0.3 is 0 Å². The molecule has 1 aliphatic heterocycles. The molecule has 7 nitrogen and oxygen atoms in total. The number of pyridine rings is 1. The van der Waals surface area contributed by atoms with E-state index in [0.29, 0.717) is 30.5 Å². The molecule has 2 fully saturated rings. The van der Waals surface area contributed by atoms with Gasteiger partial charge in [0.05, 0.1) is 23.5 Å². The van der Waals surface area contributed by atoms with E-state index in [2.05, 4.69) is 15.4 Å². The molecule has 1 aliphatic carbocycles. The summed E-state index contributed by atoms with van der Waals surface area (Å²) < 4.78 is 1.77. The van der Waals surface area contributed by atoms with Crippen molar-refractivity contribution in [1.29, 1.82) is 0 Å². The molecule has 1 N–H and O–H groups in total. The van der Waals surface area contributed by atoms with Crippen LogP contribution in [0.2, 0.25) is 0 Å². The van der Waals surface area contributed by atoms with Crippen molar-refractivity contribution in [2.75, 3.05) is 11.9 Å². The van der Waals surface area contributed by atoms with E-state index in [1.165, 1.54) is 0 Å². The molecule has 1 saturated carbocycles. The molecular weight excluding hydrogens is 318 g/mol. The SMILES string of the molecule is Cc1cc(C)n(-c2ccc(NC(=O)[C@@H]3CC(=O)N(C4CC4)C3)cn2)n1. The zero-order valence-corrected chi connectivity index (χ0v) is 14.4. The van der Waals surface area contributed by atoms with Crippen molar-refractivity contribution < 1.29 is 9.59 Å². The number of hydrogen-bond donors (Lipinski definition) is 1. The lowest BCUT2D eigenvalue weighted by atomic mass is 10.1. The number of aromatic nitrogens is 3. The van der Waals surface area contributed by atoms with Crippen LogP contribution in [-0.2, 0) is 9.59 Å². The Morgan fingerprint density at radius 1 is 1.28 bits per heavy atom. The van der Waals surface area contributed by atoms with Crippen molar-refractivity contribution >= 4 is 17.5 Å². The second-order valence-corrected chi connectivity index (χ2v) is 6.91. The minimum Gasteiger partial charge on any atom is -0.339 e. The maximum absolute atomic E-state index is 12.4. The van der Waals surface area contributed by atoms with Crippen molar-refractivity contribution in [3.8, 4) is 5.82 Å².